The van der Waals surface area contributed by atoms with Crippen LogP contribution in [0.15, 0.2) is 54.6 Å². The molecule has 0 heterocycles. The summed E-state index contributed by atoms with van der Waals surface area (Å²) in [5.74, 6) is -0.428. The number of methoxy groups -OCH3 is 1. The largest absolute Gasteiger partial charge is 0.465 e. The Bertz CT molecular complexity index is 691. The van der Waals surface area contributed by atoms with Crippen molar-refractivity contribution in [3.8, 4) is 0 Å². The van der Waals surface area contributed by atoms with Gasteiger partial charge in [0.25, 0.3) is 0 Å². The van der Waals surface area contributed by atoms with Crippen LogP contribution in [0, 0.1) is 0 Å². The average molecular weight is 325 g/mol. The minimum atomic E-state index is -0.391. The maximum atomic E-state index is 12.2. The van der Waals surface area contributed by atoms with Crippen LogP contribution in [0.3, 0.4) is 0 Å². The van der Waals surface area contributed by atoms with E-state index in [0.29, 0.717) is 17.7 Å². The molecule has 0 spiro atoms. The number of hydrogen-bond acceptors (Lipinski definition) is 3. The molecule has 0 atom stereocenters. The molecule has 0 fully saturated rings. The molecular weight excluding hydrogens is 302 g/mol. The van der Waals surface area contributed by atoms with Crippen LogP contribution in [0.4, 0.5) is 5.69 Å². The summed E-state index contributed by atoms with van der Waals surface area (Å²) in [7, 11) is 1.34. The number of carbonyl (C=O) groups is 2. The molecule has 2 aromatic rings. The van der Waals surface area contributed by atoms with E-state index in [4.69, 9.17) is 0 Å². The number of benzene rings is 2. The van der Waals surface area contributed by atoms with Gasteiger partial charge in [0.15, 0.2) is 0 Å². The number of amides is 1. The van der Waals surface area contributed by atoms with Gasteiger partial charge < -0.3 is 10.1 Å². The Hall–Kier alpha value is -2.62. The lowest BCUT2D eigenvalue weighted by atomic mass is 9.80. The first-order valence-corrected chi connectivity index (χ1v) is 7.96. The third kappa shape index (κ3) is 4.69. The lowest BCUT2D eigenvalue weighted by molar-refractivity contribution is -0.116. The summed E-state index contributed by atoms with van der Waals surface area (Å²) < 4.78 is 4.65. The highest BCUT2D eigenvalue weighted by Crippen LogP contribution is 2.28. The van der Waals surface area contributed by atoms with Gasteiger partial charge >= 0.3 is 5.97 Å². The second-order valence-electron chi connectivity index (χ2n) is 6.37. The van der Waals surface area contributed by atoms with Crippen LogP contribution >= 0.6 is 0 Å². The van der Waals surface area contributed by atoms with E-state index in [2.05, 4.69) is 36.0 Å². The standard InChI is InChI=1S/C20H23NO3/c1-20(2,16-7-5-4-6-8-16)14-13-18(22)21-17-11-9-15(10-12-17)19(23)24-3/h4-12H,13-14H2,1-3H3,(H,21,22). The van der Waals surface area contributed by atoms with Gasteiger partial charge in [0.05, 0.1) is 12.7 Å². The van der Waals surface area contributed by atoms with Crippen molar-refractivity contribution < 1.29 is 14.3 Å². The van der Waals surface area contributed by atoms with Gasteiger partial charge in [0.2, 0.25) is 5.91 Å². The number of hydrogen-bond donors (Lipinski definition) is 1. The van der Waals surface area contributed by atoms with Crippen LogP contribution in [0.25, 0.3) is 0 Å². The van der Waals surface area contributed by atoms with Crippen LogP contribution < -0.4 is 5.32 Å². The quantitative estimate of drug-likeness (QED) is 0.811. The molecule has 1 amide bonds. The van der Waals surface area contributed by atoms with Crippen molar-refractivity contribution >= 4 is 17.6 Å². The predicted octanol–water partition coefficient (Wildman–Crippen LogP) is 4.17. The van der Waals surface area contributed by atoms with Crippen LogP contribution in [-0.4, -0.2) is 19.0 Å². The number of anilines is 1. The third-order valence-electron chi connectivity index (χ3n) is 4.12. The fourth-order valence-electron chi connectivity index (χ4n) is 2.49. The molecule has 0 aliphatic carbocycles. The van der Waals surface area contributed by atoms with Gasteiger partial charge in [0.1, 0.15) is 0 Å². The summed E-state index contributed by atoms with van der Waals surface area (Å²) >= 11 is 0. The molecule has 0 aromatic heterocycles. The molecular formula is C20H23NO3. The molecule has 4 heteroatoms. The Morgan fingerprint density at radius 1 is 1.00 bits per heavy atom. The van der Waals surface area contributed by atoms with Gasteiger partial charge in [0, 0.05) is 12.1 Å². The topological polar surface area (TPSA) is 55.4 Å². The van der Waals surface area contributed by atoms with Gasteiger partial charge in [-0.1, -0.05) is 44.2 Å². The molecule has 0 bridgehead atoms. The summed E-state index contributed by atoms with van der Waals surface area (Å²) in [6.45, 7) is 4.28. The Labute approximate surface area is 142 Å². The lowest BCUT2D eigenvalue weighted by Crippen LogP contribution is -2.21. The first kappa shape index (κ1) is 17.7. The van der Waals surface area contributed by atoms with Gasteiger partial charge in [-0.2, -0.15) is 0 Å². The van der Waals surface area contributed by atoms with Crippen LogP contribution in [0.2, 0.25) is 0 Å². The highest BCUT2D eigenvalue weighted by molar-refractivity contribution is 5.93. The van der Waals surface area contributed by atoms with Crippen LogP contribution in [0.5, 0.6) is 0 Å². The molecule has 0 saturated heterocycles. The fourth-order valence-corrected chi connectivity index (χ4v) is 2.49. The summed E-state index contributed by atoms with van der Waals surface area (Å²) in [5.41, 5.74) is 2.29. The second kappa shape index (κ2) is 7.77. The highest BCUT2D eigenvalue weighted by Gasteiger charge is 2.21. The van der Waals surface area contributed by atoms with Crippen molar-refractivity contribution in [2.75, 3.05) is 12.4 Å². The van der Waals surface area contributed by atoms with E-state index >= 15 is 0 Å². The van der Waals surface area contributed by atoms with Crippen molar-refractivity contribution in [3.63, 3.8) is 0 Å². The normalized spacial score (nSPS) is 11.0. The number of ether oxygens (including phenoxy) is 1. The average Bonchev–Trinajstić information content (AvgIpc) is 2.61. The molecule has 0 unspecified atom stereocenters. The Kier molecular flexibility index (Phi) is 5.74. The molecule has 0 aliphatic heterocycles. The maximum Gasteiger partial charge on any atom is 0.337 e. The minimum absolute atomic E-state index is 0.0372. The van der Waals surface area contributed by atoms with E-state index in [-0.39, 0.29) is 11.3 Å². The van der Waals surface area contributed by atoms with E-state index in [1.54, 1.807) is 24.3 Å². The summed E-state index contributed by atoms with van der Waals surface area (Å²) in [4.78, 5) is 23.5. The van der Waals surface area contributed by atoms with Gasteiger partial charge in [-0.15, -0.1) is 0 Å². The zero-order chi connectivity index (χ0) is 17.6. The fraction of sp³-hybridized carbons (Fsp3) is 0.300. The number of carbonyl (C=O) groups excluding carboxylic acids is 2. The Morgan fingerprint density at radius 3 is 2.21 bits per heavy atom. The second-order valence-corrected chi connectivity index (χ2v) is 6.37. The molecule has 1 N–H and O–H groups in total. The summed E-state index contributed by atoms with van der Waals surface area (Å²) in [6, 6.07) is 16.9. The number of rotatable bonds is 6. The summed E-state index contributed by atoms with van der Waals surface area (Å²) in [5, 5.41) is 2.86. The molecule has 0 radical (unpaired) electrons. The van der Waals surface area contributed by atoms with Crippen molar-refractivity contribution in [3.05, 3.63) is 65.7 Å². The lowest BCUT2D eigenvalue weighted by Gasteiger charge is -2.25. The minimum Gasteiger partial charge on any atom is -0.465 e. The van der Waals surface area contributed by atoms with Crippen molar-refractivity contribution in [2.24, 2.45) is 0 Å². The molecule has 2 rings (SSSR count). The molecule has 2 aromatic carbocycles. The SMILES string of the molecule is COC(=O)c1ccc(NC(=O)CCC(C)(C)c2ccccc2)cc1. The zero-order valence-electron chi connectivity index (χ0n) is 14.3. The van der Waals surface area contributed by atoms with Gasteiger partial charge in [-0.3, -0.25) is 4.79 Å². The van der Waals surface area contributed by atoms with E-state index in [9.17, 15) is 9.59 Å². The Morgan fingerprint density at radius 2 is 1.62 bits per heavy atom. The zero-order valence-corrected chi connectivity index (χ0v) is 14.3. The van der Waals surface area contributed by atoms with Crippen molar-refractivity contribution in [2.45, 2.75) is 32.1 Å². The first-order valence-electron chi connectivity index (χ1n) is 7.96. The number of nitrogens with one attached hydrogen (secondary N) is 1. The molecule has 4 nitrogen and oxygen atoms in total. The molecule has 0 saturated carbocycles. The van der Waals surface area contributed by atoms with E-state index < -0.39 is 5.97 Å². The van der Waals surface area contributed by atoms with Gasteiger partial charge in [-0.05, 0) is 41.7 Å². The van der Waals surface area contributed by atoms with Crippen LogP contribution in [-0.2, 0) is 14.9 Å². The van der Waals surface area contributed by atoms with Gasteiger partial charge in [-0.25, -0.2) is 4.79 Å². The van der Waals surface area contributed by atoms with E-state index in [0.717, 1.165) is 6.42 Å². The van der Waals surface area contributed by atoms with E-state index in [1.807, 2.05) is 18.2 Å². The predicted molar refractivity (Wildman–Crippen MR) is 95.1 cm³/mol. The van der Waals surface area contributed by atoms with E-state index in [1.165, 1.54) is 12.7 Å². The van der Waals surface area contributed by atoms with Crippen molar-refractivity contribution in [1.82, 2.24) is 0 Å². The van der Waals surface area contributed by atoms with Crippen LogP contribution in [0.1, 0.15) is 42.6 Å². The molecule has 0 aliphatic rings. The molecule has 126 valence electrons. The third-order valence-corrected chi connectivity index (χ3v) is 4.12. The molecule has 24 heavy (non-hydrogen) atoms. The summed E-state index contributed by atoms with van der Waals surface area (Å²) in [6.07, 6.45) is 1.18. The Balaban J connectivity index is 1.90. The highest BCUT2D eigenvalue weighted by atomic mass is 16.5. The van der Waals surface area contributed by atoms with Crippen molar-refractivity contribution in [1.29, 1.82) is 0 Å². The smallest absolute Gasteiger partial charge is 0.337 e. The maximum absolute atomic E-state index is 12.2. The first-order chi connectivity index (χ1) is 11.4. The number of esters is 1. The monoisotopic (exact) mass is 325 g/mol.